The second-order valence-electron chi connectivity index (χ2n) is 6.12. The summed E-state index contributed by atoms with van der Waals surface area (Å²) < 4.78 is 40.6. The highest BCUT2D eigenvalue weighted by atomic mass is 35.5. The van der Waals surface area contributed by atoms with Gasteiger partial charge in [-0.1, -0.05) is 23.7 Å². The van der Waals surface area contributed by atoms with Crippen LogP contribution in [-0.4, -0.2) is 30.7 Å². The van der Waals surface area contributed by atoms with Crippen molar-refractivity contribution in [3.05, 3.63) is 63.9 Å². The van der Waals surface area contributed by atoms with Crippen LogP contribution < -0.4 is 4.90 Å². The lowest BCUT2D eigenvalue weighted by Crippen LogP contribution is -2.28. The Balaban J connectivity index is 1.92. The van der Waals surface area contributed by atoms with Crippen molar-refractivity contribution in [2.75, 3.05) is 24.7 Å². The Morgan fingerprint density at radius 1 is 1.19 bits per heavy atom. The van der Waals surface area contributed by atoms with E-state index >= 15 is 0 Å². The first-order valence-electron chi connectivity index (χ1n) is 7.79. The minimum absolute atomic E-state index is 0.0780. The Kier molecular flexibility index (Phi) is 5.39. The zero-order chi connectivity index (χ0) is 19.0. The summed E-state index contributed by atoms with van der Waals surface area (Å²) in [7, 11) is 3.77. The fraction of sp³-hybridized carbons (Fsp3) is 0.278. The summed E-state index contributed by atoms with van der Waals surface area (Å²) >= 11 is 7.75. The molecule has 0 aliphatic carbocycles. The van der Waals surface area contributed by atoms with E-state index in [9.17, 15) is 18.0 Å². The van der Waals surface area contributed by atoms with Crippen LogP contribution in [0.5, 0.6) is 0 Å². The number of thioether (sulfide) groups is 1. The maximum Gasteiger partial charge on any atom is 0.234 e. The number of hydrogen-bond donors (Lipinski definition) is 0. The van der Waals surface area contributed by atoms with E-state index in [1.165, 1.54) is 16.7 Å². The Hall–Kier alpha value is -1.86. The summed E-state index contributed by atoms with van der Waals surface area (Å²) in [4.78, 5) is 15.6. The number of carbonyl (C=O) groups excluding carboxylic acids is 1. The van der Waals surface area contributed by atoms with E-state index in [-0.39, 0.29) is 23.8 Å². The first kappa shape index (κ1) is 18.9. The molecule has 2 aromatic carbocycles. The van der Waals surface area contributed by atoms with E-state index in [2.05, 4.69) is 0 Å². The molecule has 3 nitrogen and oxygen atoms in total. The van der Waals surface area contributed by atoms with Gasteiger partial charge in [-0.25, -0.2) is 13.2 Å². The second kappa shape index (κ2) is 7.40. The van der Waals surface area contributed by atoms with Crippen molar-refractivity contribution in [1.29, 1.82) is 0 Å². The van der Waals surface area contributed by atoms with E-state index in [4.69, 9.17) is 11.6 Å². The monoisotopic (exact) mass is 400 g/mol. The predicted molar refractivity (Wildman–Crippen MR) is 97.8 cm³/mol. The van der Waals surface area contributed by atoms with Crippen molar-refractivity contribution < 1.29 is 18.0 Å². The van der Waals surface area contributed by atoms with Crippen molar-refractivity contribution in [1.82, 2.24) is 4.90 Å². The third-order valence-corrected chi connectivity index (χ3v) is 5.76. The van der Waals surface area contributed by atoms with Gasteiger partial charge in [0.15, 0.2) is 17.5 Å². The van der Waals surface area contributed by atoms with Crippen LogP contribution in [0.4, 0.5) is 18.9 Å². The molecule has 2 aromatic rings. The van der Waals surface area contributed by atoms with Crippen molar-refractivity contribution in [3.8, 4) is 0 Å². The molecule has 1 fully saturated rings. The third-order valence-electron chi connectivity index (χ3n) is 4.19. The fourth-order valence-corrected chi connectivity index (χ4v) is 4.31. The Morgan fingerprint density at radius 3 is 2.58 bits per heavy atom. The lowest BCUT2D eigenvalue weighted by molar-refractivity contribution is -0.128. The third kappa shape index (κ3) is 3.50. The molecule has 0 spiro atoms. The van der Waals surface area contributed by atoms with Gasteiger partial charge in [0.05, 0.1) is 12.3 Å². The quantitative estimate of drug-likeness (QED) is 0.701. The minimum Gasteiger partial charge on any atom is -0.378 e. The number of amides is 1. The topological polar surface area (TPSA) is 23.6 Å². The predicted octanol–water partition coefficient (Wildman–Crippen LogP) is 4.60. The molecule has 0 bridgehead atoms. The van der Waals surface area contributed by atoms with E-state index in [1.807, 2.05) is 31.1 Å². The largest absolute Gasteiger partial charge is 0.378 e. The van der Waals surface area contributed by atoms with Gasteiger partial charge >= 0.3 is 0 Å². The van der Waals surface area contributed by atoms with Crippen molar-refractivity contribution in [2.45, 2.75) is 11.9 Å². The zero-order valence-electron chi connectivity index (χ0n) is 14.1. The molecule has 1 unspecified atom stereocenters. The van der Waals surface area contributed by atoms with Crippen molar-refractivity contribution in [2.24, 2.45) is 0 Å². The molecular formula is C18H16ClF3N2OS. The summed E-state index contributed by atoms with van der Waals surface area (Å²) in [6.07, 6.45) is 0. The standard InChI is InChI=1S/C18H16ClF3N2OS/c1-23(2)11-4-5-12(13(19)7-11)18-24(15(25)9-26-18)8-10-3-6-14(20)17(22)16(10)21/h3-7,18H,8-9H2,1-2H3. The van der Waals surface area contributed by atoms with Crippen LogP contribution in [0.25, 0.3) is 0 Å². The molecule has 1 atom stereocenters. The van der Waals surface area contributed by atoms with Crippen LogP contribution in [-0.2, 0) is 11.3 Å². The van der Waals surface area contributed by atoms with Gasteiger partial charge in [0.1, 0.15) is 5.37 Å². The van der Waals surface area contributed by atoms with Crippen LogP contribution in [0.3, 0.4) is 0 Å². The highest BCUT2D eigenvalue weighted by molar-refractivity contribution is 8.00. The fourth-order valence-electron chi connectivity index (χ4n) is 2.75. The highest BCUT2D eigenvalue weighted by Crippen LogP contribution is 2.43. The molecule has 3 rings (SSSR count). The second-order valence-corrected chi connectivity index (χ2v) is 7.60. The molecule has 0 radical (unpaired) electrons. The normalized spacial score (nSPS) is 17.1. The van der Waals surface area contributed by atoms with Gasteiger partial charge in [0, 0.05) is 35.9 Å². The number of rotatable bonds is 4. The summed E-state index contributed by atoms with van der Waals surface area (Å²) in [6.45, 7) is -0.161. The Morgan fingerprint density at radius 2 is 1.92 bits per heavy atom. The lowest BCUT2D eigenvalue weighted by Gasteiger charge is -2.26. The molecule has 1 aliphatic rings. The molecule has 0 saturated carbocycles. The first-order chi connectivity index (χ1) is 12.3. The van der Waals surface area contributed by atoms with Crippen LogP contribution in [0.15, 0.2) is 30.3 Å². The Bertz CT molecular complexity index is 863. The van der Waals surface area contributed by atoms with E-state index in [0.717, 1.165) is 23.4 Å². The van der Waals surface area contributed by atoms with E-state index in [0.29, 0.717) is 5.02 Å². The molecular weight excluding hydrogens is 385 g/mol. The number of halogens is 4. The minimum atomic E-state index is -1.54. The molecule has 26 heavy (non-hydrogen) atoms. The van der Waals surface area contributed by atoms with Crippen molar-refractivity contribution in [3.63, 3.8) is 0 Å². The number of benzene rings is 2. The lowest BCUT2D eigenvalue weighted by atomic mass is 10.1. The van der Waals surface area contributed by atoms with Gasteiger partial charge < -0.3 is 9.80 Å². The van der Waals surface area contributed by atoms with Crippen LogP contribution >= 0.6 is 23.4 Å². The van der Waals surface area contributed by atoms with Gasteiger partial charge in [-0.2, -0.15) is 0 Å². The highest BCUT2D eigenvalue weighted by Gasteiger charge is 2.35. The molecule has 1 heterocycles. The van der Waals surface area contributed by atoms with E-state index < -0.39 is 22.8 Å². The van der Waals surface area contributed by atoms with Gasteiger partial charge in [-0.15, -0.1) is 11.8 Å². The maximum absolute atomic E-state index is 14.0. The molecule has 0 N–H and O–H groups in total. The van der Waals surface area contributed by atoms with Gasteiger partial charge in [0.25, 0.3) is 0 Å². The van der Waals surface area contributed by atoms with Gasteiger partial charge in [0.2, 0.25) is 5.91 Å². The van der Waals surface area contributed by atoms with Crippen molar-refractivity contribution >= 4 is 35.0 Å². The molecule has 1 aliphatic heterocycles. The van der Waals surface area contributed by atoms with Crippen LogP contribution in [0.2, 0.25) is 5.02 Å². The van der Waals surface area contributed by atoms with Crippen LogP contribution in [0, 0.1) is 17.5 Å². The summed E-state index contributed by atoms with van der Waals surface area (Å²) in [5.41, 5.74) is 1.55. The van der Waals surface area contributed by atoms with Gasteiger partial charge in [-0.3, -0.25) is 4.79 Å². The zero-order valence-corrected chi connectivity index (χ0v) is 15.7. The number of nitrogens with zero attached hydrogens (tertiary/aromatic N) is 2. The van der Waals surface area contributed by atoms with E-state index in [1.54, 1.807) is 6.07 Å². The average molecular weight is 401 g/mol. The van der Waals surface area contributed by atoms with Crippen LogP contribution in [0.1, 0.15) is 16.5 Å². The summed E-state index contributed by atoms with van der Waals surface area (Å²) in [5.74, 6) is -4.07. The first-order valence-corrected chi connectivity index (χ1v) is 9.22. The summed E-state index contributed by atoms with van der Waals surface area (Å²) in [6, 6.07) is 7.49. The number of hydrogen-bond acceptors (Lipinski definition) is 3. The maximum atomic E-state index is 14.0. The van der Waals surface area contributed by atoms with Gasteiger partial charge in [-0.05, 0) is 18.2 Å². The Labute approximate surface area is 158 Å². The average Bonchev–Trinajstić information content (AvgIpc) is 2.95. The molecule has 1 saturated heterocycles. The summed E-state index contributed by atoms with van der Waals surface area (Å²) in [5, 5.41) is 0.0675. The molecule has 138 valence electrons. The number of anilines is 1. The molecule has 1 amide bonds. The number of carbonyl (C=O) groups is 1. The molecule has 8 heteroatoms. The smallest absolute Gasteiger partial charge is 0.234 e. The molecule has 0 aromatic heterocycles. The SMILES string of the molecule is CN(C)c1ccc(C2SCC(=O)N2Cc2ccc(F)c(F)c2F)c(Cl)c1.